The van der Waals surface area contributed by atoms with Crippen molar-refractivity contribution in [2.24, 2.45) is 5.73 Å². The Morgan fingerprint density at radius 3 is 2.62 bits per heavy atom. The third kappa shape index (κ3) is 2.12. The molecule has 1 aliphatic carbocycles. The Hall–Kier alpha value is -0.900. The molecule has 0 unspecified atom stereocenters. The van der Waals surface area contributed by atoms with Gasteiger partial charge in [0, 0.05) is 6.04 Å². The largest absolute Gasteiger partial charge is 0.321 e. The van der Waals surface area contributed by atoms with Crippen LogP contribution in [0, 0.1) is 6.92 Å². The maximum atomic E-state index is 6.09. The zero-order valence-electron chi connectivity index (χ0n) is 10.3. The van der Waals surface area contributed by atoms with Gasteiger partial charge in [-0.05, 0) is 26.2 Å². The van der Waals surface area contributed by atoms with Crippen molar-refractivity contribution in [2.75, 3.05) is 0 Å². The van der Waals surface area contributed by atoms with E-state index >= 15 is 0 Å². The van der Waals surface area contributed by atoms with Crippen LogP contribution in [0.15, 0.2) is 0 Å². The molecule has 1 fully saturated rings. The van der Waals surface area contributed by atoms with Crippen LogP contribution in [0.5, 0.6) is 0 Å². The lowest BCUT2D eigenvalue weighted by atomic mass is 9.95. The summed E-state index contributed by atoms with van der Waals surface area (Å²) in [6.45, 7) is 4.13. The number of nitrogens with zero attached hydrogens (tertiary/aromatic N) is 3. The van der Waals surface area contributed by atoms with Crippen molar-refractivity contribution in [3.05, 3.63) is 11.6 Å². The van der Waals surface area contributed by atoms with Gasteiger partial charge in [0.25, 0.3) is 0 Å². The summed E-state index contributed by atoms with van der Waals surface area (Å²) >= 11 is 0. The first-order chi connectivity index (χ1) is 7.74. The highest BCUT2D eigenvalue weighted by Gasteiger charge is 2.23. The lowest BCUT2D eigenvalue weighted by molar-refractivity contribution is 0.335. The number of hydrogen-bond donors (Lipinski definition) is 1. The summed E-state index contributed by atoms with van der Waals surface area (Å²) < 4.78 is 2.29. The van der Waals surface area contributed by atoms with Gasteiger partial charge in [0.05, 0.1) is 6.04 Å². The normalized spacial score (nSPS) is 19.9. The van der Waals surface area contributed by atoms with Gasteiger partial charge in [-0.3, -0.25) is 0 Å². The summed E-state index contributed by atoms with van der Waals surface area (Å²) in [7, 11) is 0. The summed E-state index contributed by atoms with van der Waals surface area (Å²) in [4.78, 5) is 0. The molecule has 0 spiro atoms. The van der Waals surface area contributed by atoms with Gasteiger partial charge in [0.1, 0.15) is 11.6 Å². The number of hydrogen-bond acceptors (Lipinski definition) is 3. The van der Waals surface area contributed by atoms with E-state index in [-0.39, 0.29) is 6.04 Å². The molecule has 0 aliphatic heterocycles. The first-order valence-electron chi connectivity index (χ1n) is 6.41. The quantitative estimate of drug-likeness (QED) is 0.854. The van der Waals surface area contributed by atoms with Crippen LogP contribution in [-0.4, -0.2) is 14.8 Å². The fourth-order valence-electron chi connectivity index (χ4n) is 2.61. The summed E-state index contributed by atoms with van der Waals surface area (Å²) in [6, 6.07) is 0.611. The van der Waals surface area contributed by atoms with Gasteiger partial charge in [-0.15, -0.1) is 10.2 Å². The second-order valence-electron chi connectivity index (χ2n) is 4.78. The second-order valence-corrected chi connectivity index (χ2v) is 4.78. The molecule has 1 aliphatic rings. The third-order valence-electron chi connectivity index (χ3n) is 3.60. The predicted molar refractivity (Wildman–Crippen MR) is 64.1 cm³/mol. The highest BCUT2D eigenvalue weighted by molar-refractivity contribution is 5.02. The molecule has 2 N–H and O–H groups in total. The van der Waals surface area contributed by atoms with E-state index in [1.807, 2.05) is 6.92 Å². The van der Waals surface area contributed by atoms with E-state index in [2.05, 4.69) is 21.7 Å². The van der Waals surface area contributed by atoms with Crippen molar-refractivity contribution in [1.82, 2.24) is 14.8 Å². The monoisotopic (exact) mass is 222 g/mol. The van der Waals surface area contributed by atoms with Crippen LogP contribution in [-0.2, 0) is 0 Å². The highest BCUT2D eigenvalue weighted by atomic mass is 15.3. The Labute approximate surface area is 97.2 Å². The van der Waals surface area contributed by atoms with Crippen LogP contribution in [0.3, 0.4) is 0 Å². The lowest BCUT2D eigenvalue weighted by Crippen LogP contribution is -2.21. The van der Waals surface area contributed by atoms with Crippen molar-refractivity contribution in [2.45, 2.75) is 64.5 Å². The average molecular weight is 222 g/mol. The average Bonchev–Trinajstić information content (AvgIpc) is 2.71. The SMILES string of the molecule is CC[C@@H](N)c1nnc(C)n1C1CCCCC1. The molecule has 1 aromatic rings. The molecule has 1 saturated carbocycles. The van der Waals surface area contributed by atoms with Gasteiger partial charge >= 0.3 is 0 Å². The molecule has 1 aromatic heterocycles. The highest BCUT2D eigenvalue weighted by Crippen LogP contribution is 2.31. The van der Waals surface area contributed by atoms with Gasteiger partial charge in [-0.2, -0.15) is 0 Å². The van der Waals surface area contributed by atoms with E-state index in [1.54, 1.807) is 0 Å². The van der Waals surface area contributed by atoms with E-state index in [4.69, 9.17) is 5.73 Å². The van der Waals surface area contributed by atoms with Crippen molar-refractivity contribution < 1.29 is 0 Å². The van der Waals surface area contributed by atoms with Crippen molar-refractivity contribution in [3.8, 4) is 0 Å². The molecule has 4 heteroatoms. The smallest absolute Gasteiger partial charge is 0.150 e. The Morgan fingerprint density at radius 1 is 1.31 bits per heavy atom. The van der Waals surface area contributed by atoms with Gasteiger partial charge in [0.15, 0.2) is 0 Å². The van der Waals surface area contributed by atoms with Crippen LogP contribution >= 0.6 is 0 Å². The number of rotatable bonds is 3. The topological polar surface area (TPSA) is 56.7 Å². The Bertz CT molecular complexity index is 339. The Morgan fingerprint density at radius 2 is 2.00 bits per heavy atom. The minimum atomic E-state index is 0.0307. The molecule has 0 radical (unpaired) electrons. The minimum Gasteiger partial charge on any atom is -0.321 e. The number of aromatic nitrogens is 3. The summed E-state index contributed by atoms with van der Waals surface area (Å²) in [5, 5.41) is 8.44. The van der Waals surface area contributed by atoms with E-state index < -0.39 is 0 Å². The first-order valence-corrected chi connectivity index (χ1v) is 6.41. The second kappa shape index (κ2) is 4.95. The van der Waals surface area contributed by atoms with E-state index in [0.29, 0.717) is 6.04 Å². The van der Waals surface area contributed by atoms with Gasteiger partial charge in [-0.1, -0.05) is 26.2 Å². The first kappa shape index (κ1) is 11.6. The van der Waals surface area contributed by atoms with Gasteiger partial charge < -0.3 is 10.3 Å². The van der Waals surface area contributed by atoms with Crippen molar-refractivity contribution in [1.29, 1.82) is 0 Å². The molecule has 0 bridgehead atoms. The summed E-state index contributed by atoms with van der Waals surface area (Å²) in [5.41, 5.74) is 6.09. The summed E-state index contributed by atoms with van der Waals surface area (Å²) in [6.07, 6.45) is 7.44. The van der Waals surface area contributed by atoms with Crippen molar-refractivity contribution >= 4 is 0 Å². The molecular formula is C12H22N4. The van der Waals surface area contributed by atoms with E-state index in [0.717, 1.165) is 18.1 Å². The molecule has 0 amide bonds. The lowest BCUT2D eigenvalue weighted by Gasteiger charge is -2.26. The van der Waals surface area contributed by atoms with Crippen LogP contribution < -0.4 is 5.73 Å². The summed E-state index contributed by atoms with van der Waals surface area (Å²) in [5.74, 6) is 2.00. The molecule has 1 atom stereocenters. The standard InChI is InChI=1S/C12H22N4/c1-3-11(13)12-15-14-9(2)16(12)10-7-5-4-6-8-10/h10-11H,3-8,13H2,1-2H3/t11-/m1/s1. The fraction of sp³-hybridized carbons (Fsp3) is 0.833. The number of aryl methyl sites for hydroxylation is 1. The van der Waals surface area contributed by atoms with E-state index in [9.17, 15) is 0 Å². The van der Waals surface area contributed by atoms with Gasteiger partial charge in [-0.25, -0.2) is 0 Å². The van der Waals surface area contributed by atoms with Crippen molar-refractivity contribution in [3.63, 3.8) is 0 Å². The van der Waals surface area contributed by atoms with Crippen LogP contribution in [0.2, 0.25) is 0 Å². The molecule has 1 heterocycles. The van der Waals surface area contributed by atoms with Crippen LogP contribution in [0.25, 0.3) is 0 Å². The van der Waals surface area contributed by atoms with Gasteiger partial charge in [0.2, 0.25) is 0 Å². The Kier molecular flexibility index (Phi) is 3.59. The molecular weight excluding hydrogens is 200 g/mol. The Balaban J connectivity index is 2.26. The van der Waals surface area contributed by atoms with Crippen LogP contribution in [0.4, 0.5) is 0 Å². The number of nitrogens with two attached hydrogens (primary N) is 1. The fourth-order valence-corrected chi connectivity index (χ4v) is 2.61. The zero-order chi connectivity index (χ0) is 11.5. The third-order valence-corrected chi connectivity index (χ3v) is 3.60. The van der Waals surface area contributed by atoms with Crippen LogP contribution in [0.1, 0.15) is 69.2 Å². The van der Waals surface area contributed by atoms with E-state index in [1.165, 1.54) is 32.1 Å². The molecule has 0 aromatic carbocycles. The maximum absolute atomic E-state index is 6.09. The molecule has 0 saturated heterocycles. The minimum absolute atomic E-state index is 0.0307. The molecule has 16 heavy (non-hydrogen) atoms. The maximum Gasteiger partial charge on any atom is 0.150 e. The zero-order valence-corrected chi connectivity index (χ0v) is 10.3. The molecule has 90 valence electrons. The molecule has 2 rings (SSSR count). The predicted octanol–water partition coefficient (Wildman–Crippen LogP) is 2.50. The molecule has 4 nitrogen and oxygen atoms in total.